The predicted octanol–water partition coefficient (Wildman–Crippen LogP) is 3.43. The van der Waals surface area contributed by atoms with Gasteiger partial charge in [-0.3, -0.25) is 14.3 Å². The first-order chi connectivity index (χ1) is 16.7. The van der Waals surface area contributed by atoms with E-state index in [1.165, 1.54) is 0 Å². The van der Waals surface area contributed by atoms with Crippen LogP contribution < -0.4 is 5.32 Å². The van der Waals surface area contributed by atoms with Crippen molar-refractivity contribution >= 4 is 11.8 Å². The number of aromatic nitrogens is 2. The summed E-state index contributed by atoms with van der Waals surface area (Å²) in [6, 6.07) is 0. The second-order valence-corrected chi connectivity index (χ2v) is 9.62. The zero-order chi connectivity index (χ0) is 24.7. The number of piperidine rings is 1. The van der Waals surface area contributed by atoms with Gasteiger partial charge in [0, 0.05) is 52.3 Å². The second-order valence-electron chi connectivity index (χ2n) is 9.62. The highest BCUT2D eigenvalue weighted by Gasteiger charge is 2.45. The van der Waals surface area contributed by atoms with Crippen LogP contribution in [0.25, 0.3) is 11.3 Å². The minimum absolute atomic E-state index is 0.0563. The van der Waals surface area contributed by atoms with Crippen molar-refractivity contribution in [2.45, 2.75) is 64.3 Å². The maximum atomic E-state index is 14.2. The molecule has 2 fully saturated rings. The molecule has 0 spiro atoms. The maximum absolute atomic E-state index is 14.2. The van der Waals surface area contributed by atoms with Crippen LogP contribution in [0.2, 0.25) is 0 Å². The number of carbonyl (C=O) groups is 2. The molecule has 1 atom stereocenters. The van der Waals surface area contributed by atoms with Gasteiger partial charge in [0.05, 0.1) is 17.4 Å². The molecule has 2 saturated heterocycles. The molecule has 11 heteroatoms. The number of furan rings is 1. The van der Waals surface area contributed by atoms with E-state index in [4.69, 9.17) is 9.15 Å². The number of hydrogen-bond donors (Lipinski definition) is 1. The quantitative estimate of drug-likeness (QED) is 0.688. The number of aryl methyl sites for hydroxylation is 2. The van der Waals surface area contributed by atoms with Crippen LogP contribution in [0.3, 0.4) is 0 Å². The highest BCUT2D eigenvalue weighted by Crippen LogP contribution is 2.46. The molecule has 0 aromatic carbocycles. The number of alkyl halides is 3. The number of rotatable bonds is 5. The van der Waals surface area contributed by atoms with E-state index in [0.717, 1.165) is 31.2 Å². The van der Waals surface area contributed by atoms with E-state index in [1.807, 2.05) is 4.90 Å². The van der Waals surface area contributed by atoms with E-state index in [0.29, 0.717) is 32.7 Å². The van der Waals surface area contributed by atoms with Crippen molar-refractivity contribution in [3.63, 3.8) is 0 Å². The Bertz CT molecular complexity index is 1110. The first-order valence-electron chi connectivity index (χ1n) is 12.2. The molecule has 35 heavy (non-hydrogen) atoms. The van der Waals surface area contributed by atoms with E-state index >= 15 is 0 Å². The van der Waals surface area contributed by atoms with Crippen molar-refractivity contribution in [1.29, 1.82) is 0 Å². The van der Waals surface area contributed by atoms with E-state index in [1.54, 1.807) is 17.8 Å². The summed E-state index contributed by atoms with van der Waals surface area (Å²) in [7, 11) is 0. The minimum atomic E-state index is -4.77. The van der Waals surface area contributed by atoms with Crippen LogP contribution in [0.15, 0.2) is 10.6 Å². The van der Waals surface area contributed by atoms with E-state index in [9.17, 15) is 22.8 Å². The molecule has 2 aromatic rings. The Labute approximate surface area is 200 Å². The maximum Gasteiger partial charge on any atom is 0.420 e. The van der Waals surface area contributed by atoms with Crippen LogP contribution in [-0.2, 0) is 35.1 Å². The van der Waals surface area contributed by atoms with Crippen LogP contribution in [0.5, 0.6) is 0 Å². The van der Waals surface area contributed by atoms with Crippen molar-refractivity contribution < 1.29 is 31.9 Å². The van der Waals surface area contributed by atoms with Gasteiger partial charge < -0.3 is 19.4 Å². The van der Waals surface area contributed by atoms with Gasteiger partial charge in [0.2, 0.25) is 11.7 Å². The first kappa shape index (κ1) is 23.9. The summed E-state index contributed by atoms with van der Waals surface area (Å²) in [5.74, 6) is -1.11. The molecule has 2 aromatic heterocycles. The molecule has 2 amide bonds. The van der Waals surface area contributed by atoms with Crippen LogP contribution in [-0.4, -0.2) is 58.8 Å². The average Bonchev–Trinajstić information content (AvgIpc) is 3.54. The number of carbonyl (C=O) groups excluding carboxylic acids is 2. The molecule has 5 rings (SSSR count). The number of nitrogens with zero attached hydrogens (tertiary/aromatic N) is 3. The molecule has 3 aliphatic rings. The summed E-state index contributed by atoms with van der Waals surface area (Å²) in [5.41, 5.74) is -0.220. The first-order valence-corrected chi connectivity index (χ1v) is 12.2. The lowest BCUT2D eigenvalue weighted by molar-refractivity contribution is -0.138. The number of hydrogen-bond acceptors (Lipinski definition) is 5. The van der Waals surface area contributed by atoms with E-state index in [2.05, 4.69) is 10.4 Å². The largest absolute Gasteiger partial charge is 0.455 e. The number of amides is 2. The molecular weight excluding hydrogens is 465 g/mol. The number of likely N-dealkylation sites (tertiary alicyclic amines) is 1. The third-order valence-electron chi connectivity index (χ3n) is 7.19. The van der Waals surface area contributed by atoms with Crippen molar-refractivity contribution in [2.75, 3.05) is 26.2 Å². The van der Waals surface area contributed by atoms with Gasteiger partial charge in [-0.25, -0.2) is 0 Å². The molecule has 1 N–H and O–H groups in total. The lowest BCUT2D eigenvalue weighted by Gasteiger charge is -2.31. The molecule has 0 radical (unpaired) electrons. The van der Waals surface area contributed by atoms with Crippen molar-refractivity contribution in [1.82, 2.24) is 20.0 Å². The summed E-state index contributed by atoms with van der Waals surface area (Å²) in [6.07, 6.45) is 0.877. The third-order valence-corrected chi connectivity index (χ3v) is 7.19. The van der Waals surface area contributed by atoms with Gasteiger partial charge >= 0.3 is 6.18 Å². The standard InChI is InChI=1S/C24H29F3N4O4/c1-14(32)30-8-6-15(7-9-30)12-31-13-16-4-5-18-19(21(16)29-31)20(24(25,26)27)22(35-18)23(33)28-11-17-3-2-10-34-17/h13,15,17H,2-12H2,1H3,(H,28,33)/t17-/m0/s1. The molecule has 0 bridgehead atoms. The highest BCUT2D eigenvalue weighted by atomic mass is 19.4. The molecule has 190 valence electrons. The molecule has 8 nitrogen and oxygen atoms in total. The van der Waals surface area contributed by atoms with Crippen LogP contribution >= 0.6 is 0 Å². The Morgan fingerprint density at radius 3 is 2.63 bits per heavy atom. The molecule has 4 heterocycles. The Morgan fingerprint density at radius 2 is 1.97 bits per heavy atom. The zero-order valence-electron chi connectivity index (χ0n) is 19.6. The molecule has 0 unspecified atom stereocenters. The Balaban J connectivity index is 1.38. The number of fused-ring (bicyclic) bond motifs is 3. The van der Waals surface area contributed by atoms with Gasteiger partial charge in [-0.05, 0) is 43.6 Å². The second kappa shape index (κ2) is 9.33. The molecular formula is C24H29F3N4O4. The molecule has 2 aliphatic heterocycles. The number of halogens is 3. The average molecular weight is 495 g/mol. The third kappa shape index (κ3) is 4.82. The van der Waals surface area contributed by atoms with Crippen molar-refractivity contribution in [3.8, 4) is 11.3 Å². The van der Waals surface area contributed by atoms with E-state index < -0.39 is 23.4 Å². The summed E-state index contributed by atoms with van der Waals surface area (Å²) in [5, 5.41) is 7.07. The monoisotopic (exact) mass is 494 g/mol. The number of ether oxygens (including phenoxy) is 1. The Kier molecular flexibility index (Phi) is 6.37. The fraction of sp³-hybridized carbons (Fsp3) is 0.625. The Morgan fingerprint density at radius 1 is 1.20 bits per heavy atom. The van der Waals surface area contributed by atoms with Gasteiger partial charge in [0.25, 0.3) is 5.91 Å². The minimum Gasteiger partial charge on any atom is -0.455 e. The predicted molar refractivity (Wildman–Crippen MR) is 119 cm³/mol. The van der Waals surface area contributed by atoms with Crippen LogP contribution in [0.1, 0.15) is 60.0 Å². The Hall–Kier alpha value is -2.82. The number of nitrogens with one attached hydrogen (secondary N) is 1. The van der Waals surface area contributed by atoms with Crippen molar-refractivity contribution in [2.24, 2.45) is 5.92 Å². The fourth-order valence-electron chi connectivity index (χ4n) is 5.32. The normalized spacial score (nSPS) is 20.6. The smallest absolute Gasteiger partial charge is 0.420 e. The lowest BCUT2D eigenvalue weighted by atomic mass is 9.93. The van der Waals surface area contributed by atoms with Gasteiger partial charge in [-0.1, -0.05) is 0 Å². The summed E-state index contributed by atoms with van der Waals surface area (Å²) in [4.78, 5) is 26.1. The zero-order valence-corrected chi connectivity index (χ0v) is 19.6. The van der Waals surface area contributed by atoms with Crippen molar-refractivity contribution in [3.05, 3.63) is 28.8 Å². The molecule has 0 saturated carbocycles. The fourth-order valence-corrected chi connectivity index (χ4v) is 5.32. The molecule has 1 aliphatic carbocycles. The summed E-state index contributed by atoms with van der Waals surface area (Å²) < 4.78 is 55.3. The van der Waals surface area contributed by atoms with Gasteiger partial charge in [0.15, 0.2) is 0 Å². The van der Waals surface area contributed by atoms with Gasteiger partial charge in [0.1, 0.15) is 11.3 Å². The highest BCUT2D eigenvalue weighted by molar-refractivity contribution is 5.96. The van der Waals surface area contributed by atoms with Crippen LogP contribution in [0, 0.1) is 5.92 Å². The van der Waals surface area contributed by atoms with Gasteiger partial charge in [-0.2, -0.15) is 18.3 Å². The lowest BCUT2D eigenvalue weighted by Crippen LogP contribution is -2.38. The SMILES string of the molecule is CC(=O)N1CCC(Cn2cc3c(n2)-c2c(oc(C(=O)NC[C@@H]4CCCO4)c2C(F)(F)F)CC3)CC1. The summed E-state index contributed by atoms with van der Waals surface area (Å²) in [6.45, 7) is 4.21. The van der Waals surface area contributed by atoms with E-state index in [-0.39, 0.29) is 47.9 Å². The van der Waals surface area contributed by atoms with Crippen LogP contribution in [0.4, 0.5) is 13.2 Å². The summed E-state index contributed by atoms with van der Waals surface area (Å²) >= 11 is 0. The van der Waals surface area contributed by atoms with Gasteiger partial charge in [-0.15, -0.1) is 0 Å². The topological polar surface area (TPSA) is 89.6 Å².